The number of para-hydroxylation sites is 2. The summed E-state index contributed by atoms with van der Waals surface area (Å²) in [5, 5.41) is 14.8. The van der Waals surface area contributed by atoms with Crippen LogP contribution in [0.25, 0.3) is 6.08 Å². The maximum absolute atomic E-state index is 14.8. The molecule has 4 aromatic rings. The highest BCUT2D eigenvalue weighted by Gasteiger charge is 2.70. The van der Waals surface area contributed by atoms with Crippen molar-refractivity contribution in [1.82, 2.24) is 0 Å². The zero-order valence-electron chi connectivity index (χ0n) is 21.9. The molecule has 4 atom stereocenters. The van der Waals surface area contributed by atoms with Gasteiger partial charge in [0, 0.05) is 34.6 Å². The molecule has 8 nitrogen and oxygen atoms in total. The van der Waals surface area contributed by atoms with Crippen LogP contribution in [0.3, 0.4) is 0 Å². The number of nitro groups is 1. The molecule has 0 radical (unpaired) electrons. The van der Waals surface area contributed by atoms with Crippen molar-refractivity contribution in [2.24, 2.45) is 5.92 Å². The molecular formula is C33H22ClN3O5. The second-order valence-corrected chi connectivity index (χ2v) is 11.0. The first-order valence-corrected chi connectivity index (χ1v) is 13.8. The summed E-state index contributed by atoms with van der Waals surface area (Å²) in [5.41, 5.74) is 1.14. The number of benzene rings is 4. The van der Waals surface area contributed by atoms with Crippen LogP contribution in [0, 0.1) is 16.0 Å². The molecule has 0 bridgehead atoms. The van der Waals surface area contributed by atoms with Crippen molar-refractivity contribution in [2.75, 3.05) is 10.2 Å². The SMILES string of the molecule is O=C(c1ccccc1Cl)[C@@H]1[C@@H](C(=O)c2cccc([N+](=O)[O-])c2)[C@]2(C(=O)Nc3ccccc32)[C@H]2C=Cc3ccccc3N12. The Kier molecular flexibility index (Phi) is 5.85. The average Bonchev–Trinajstić information content (AvgIpc) is 3.49. The average molecular weight is 576 g/mol. The highest BCUT2D eigenvalue weighted by Crippen LogP contribution is 2.58. The maximum atomic E-state index is 14.8. The van der Waals surface area contributed by atoms with Gasteiger partial charge in [0.1, 0.15) is 11.5 Å². The van der Waals surface area contributed by atoms with E-state index in [1.54, 1.807) is 48.5 Å². The Hall–Kier alpha value is -5.08. The van der Waals surface area contributed by atoms with Gasteiger partial charge in [0.05, 0.1) is 21.9 Å². The molecule has 0 saturated carbocycles. The van der Waals surface area contributed by atoms with Gasteiger partial charge in [0.2, 0.25) is 5.91 Å². The number of carbonyl (C=O) groups excluding carboxylic acids is 3. The van der Waals surface area contributed by atoms with Gasteiger partial charge in [0.25, 0.3) is 5.69 Å². The summed E-state index contributed by atoms with van der Waals surface area (Å²) in [6.45, 7) is 0. The molecule has 3 heterocycles. The van der Waals surface area contributed by atoms with E-state index in [0.29, 0.717) is 16.9 Å². The maximum Gasteiger partial charge on any atom is 0.270 e. The van der Waals surface area contributed by atoms with Crippen molar-refractivity contribution in [2.45, 2.75) is 17.5 Å². The first-order valence-electron chi connectivity index (χ1n) is 13.4. The zero-order valence-corrected chi connectivity index (χ0v) is 22.7. The number of nitrogens with one attached hydrogen (secondary N) is 1. The third-order valence-electron chi connectivity index (χ3n) is 8.57. The minimum atomic E-state index is -1.52. The number of nitrogens with zero attached hydrogens (tertiary/aromatic N) is 2. The number of carbonyl (C=O) groups is 3. The molecule has 206 valence electrons. The molecule has 0 aromatic heterocycles. The van der Waals surface area contributed by atoms with E-state index in [4.69, 9.17) is 11.6 Å². The lowest BCUT2D eigenvalue weighted by atomic mass is 9.64. The number of hydrogen-bond donors (Lipinski definition) is 1. The molecular weight excluding hydrogens is 554 g/mol. The summed E-state index contributed by atoms with van der Waals surface area (Å²) in [5.74, 6) is -2.64. The monoisotopic (exact) mass is 575 g/mol. The summed E-state index contributed by atoms with van der Waals surface area (Å²) < 4.78 is 0. The van der Waals surface area contributed by atoms with Crippen molar-refractivity contribution in [1.29, 1.82) is 0 Å². The van der Waals surface area contributed by atoms with Gasteiger partial charge in [-0.3, -0.25) is 24.5 Å². The number of amides is 1. The molecule has 7 rings (SSSR count). The Balaban J connectivity index is 1.55. The predicted molar refractivity (Wildman–Crippen MR) is 159 cm³/mol. The van der Waals surface area contributed by atoms with Crippen molar-refractivity contribution in [3.05, 3.63) is 141 Å². The van der Waals surface area contributed by atoms with Gasteiger partial charge in [-0.25, -0.2) is 0 Å². The second kappa shape index (κ2) is 9.49. The van der Waals surface area contributed by atoms with Gasteiger partial charge in [-0.2, -0.15) is 0 Å². The Labute approximate surface area is 245 Å². The molecule has 1 amide bonds. The normalized spacial score (nSPS) is 23.2. The molecule has 1 N–H and O–H groups in total. The Morgan fingerprint density at radius 1 is 0.905 bits per heavy atom. The summed E-state index contributed by atoms with van der Waals surface area (Å²) in [6, 6.07) is 24.8. The van der Waals surface area contributed by atoms with E-state index in [1.807, 2.05) is 41.3 Å². The van der Waals surface area contributed by atoms with E-state index < -0.39 is 45.8 Å². The van der Waals surface area contributed by atoms with Crippen molar-refractivity contribution in [3.8, 4) is 0 Å². The van der Waals surface area contributed by atoms with Gasteiger partial charge in [-0.1, -0.05) is 84.4 Å². The van der Waals surface area contributed by atoms with Crippen LogP contribution in [-0.2, 0) is 10.2 Å². The standard InChI is InChI=1S/C33H22ClN3O5/c34-24-13-4-2-11-22(24)31(39)29-28(30(38)20-9-7-10-21(18-20)37(41)42)33(23-12-3-5-14-25(23)35-32(33)40)27-17-16-19-8-1-6-15-26(19)36(27)29/h1-18,27-29H,(H,35,40)/t27-,28+,29+,33-/m1/s1. The van der Waals surface area contributed by atoms with Crippen LogP contribution < -0.4 is 10.2 Å². The fourth-order valence-electron chi connectivity index (χ4n) is 6.89. The fourth-order valence-corrected chi connectivity index (χ4v) is 7.12. The van der Waals surface area contributed by atoms with E-state index in [9.17, 15) is 24.5 Å². The first-order chi connectivity index (χ1) is 20.3. The number of fused-ring (bicyclic) bond motifs is 6. The predicted octanol–water partition coefficient (Wildman–Crippen LogP) is 6.10. The molecule has 1 saturated heterocycles. The summed E-state index contributed by atoms with van der Waals surface area (Å²) >= 11 is 6.54. The smallest absolute Gasteiger partial charge is 0.270 e. The van der Waals surface area contributed by atoms with Gasteiger partial charge in [-0.15, -0.1) is 0 Å². The Morgan fingerprint density at radius 2 is 1.64 bits per heavy atom. The molecule has 3 aliphatic rings. The highest BCUT2D eigenvalue weighted by atomic mass is 35.5. The van der Waals surface area contributed by atoms with E-state index >= 15 is 0 Å². The van der Waals surface area contributed by atoms with Gasteiger partial charge in [-0.05, 0) is 35.4 Å². The molecule has 1 fully saturated rings. The quantitative estimate of drug-likeness (QED) is 0.175. The summed E-state index contributed by atoms with van der Waals surface area (Å²) in [4.78, 5) is 56.7. The molecule has 4 aromatic carbocycles. The topological polar surface area (TPSA) is 110 Å². The molecule has 0 unspecified atom stereocenters. The lowest BCUT2D eigenvalue weighted by Gasteiger charge is -2.37. The number of halogens is 1. The number of anilines is 2. The van der Waals surface area contributed by atoms with Crippen LogP contribution in [0.4, 0.5) is 17.1 Å². The van der Waals surface area contributed by atoms with Crippen LogP contribution in [0.15, 0.2) is 103 Å². The number of Topliss-reactive ketones (excluding diaryl/α,β-unsaturated/α-hetero) is 2. The lowest BCUT2D eigenvalue weighted by molar-refractivity contribution is -0.384. The van der Waals surface area contributed by atoms with E-state index in [1.165, 1.54) is 24.3 Å². The Bertz CT molecular complexity index is 1870. The molecule has 42 heavy (non-hydrogen) atoms. The van der Waals surface area contributed by atoms with Crippen molar-refractivity contribution < 1.29 is 19.3 Å². The molecule has 3 aliphatic heterocycles. The van der Waals surface area contributed by atoms with Crippen molar-refractivity contribution >= 4 is 52.2 Å². The number of rotatable bonds is 5. The third kappa shape index (κ3) is 3.51. The summed E-state index contributed by atoms with van der Waals surface area (Å²) in [6.07, 6.45) is 3.78. The number of ketones is 2. The van der Waals surface area contributed by atoms with E-state index in [-0.39, 0.29) is 21.8 Å². The molecule has 9 heteroatoms. The van der Waals surface area contributed by atoms with Crippen LogP contribution in [0.1, 0.15) is 31.8 Å². The fraction of sp³-hybridized carbons (Fsp3) is 0.121. The minimum Gasteiger partial charge on any atom is -0.352 e. The third-order valence-corrected chi connectivity index (χ3v) is 8.90. The van der Waals surface area contributed by atoms with Gasteiger partial charge >= 0.3 is 0 Å². The first kappa shape index (κ1) is 25.9. The van der Waals surface area contributed by atoms with E-state index in [0.717, 1.165) is 5.56 Å². The minimum absolute atomic E-state index is 0.0415. The van der Waals surface area contributed by atoms with Gasteiger partial charge < -0.3 is 10.2 Å². The largest absolute Gasteiger partial charge is 0.352 e. The van der Waals surface area contributed by atoms with Gasteiger partial charge in [0.15, 0.2) is 11.6 Å². The zero-order chi connectivity index (χ0) is 29.2. The number of nitro benzene ring substituents is 1. The molecule has 1 spiro atoms. The molecule has 0 aliphatic carbocycles. The number of non-ortho nitro benzene ring substituents is 1. The van der Waals surface area contributed by atoms with Crippen molar-refractivity contribution in [3.63, 3.8) is 0 Å². The number of hydrogen-bond acceptors (Lipinski definition) is 6. The lowest BCUT2D eigenvalue weighted by Crippen LogP contribution is -2.51. The van der Waals surface area contributed by atoms with Crippen LogP contribution in [-0.4, -0.2) is 34.5 Å². The Morgan fingerprint density at radius 3 is 2.45 bits per heavy atom. The van der Waals surface area contributed by atoms with Crippen LogP contribution >= 0.6 is 11.6 Å². The van der Waals surface area contributed by atoms with Crippen LogP contribution in [0.2, 0.25) is 5.02 Å². The summed E-state index contributed by atoms with van der Waals surface area (Å²) in [7, 11) is 0. The van der Waals surface area contributed by atoms with Crippen LogP contribution in [0.5, 0.6) is 0 Å². The highest BCUT2D eigenvalue weighted by molar-refractivity contribution is 6.34. The van der Waals surface area contributed by atoms with E-state index in [2.05, 4.69) is 5.32 Å². The second-order valence-electron chi connectivity index (χ2n) is 10.6.